The van der Waals surface area contributed by atoms with E-state index in [-0.39, 0.29) is 35.8 Å². The Hall–Kier alpha value is -0.970. The molecule has 1 aromatic carbocycles. The topological polar surface area (TPSA) is 52.1 Å². The molecule has 0 aliphatic carbocycles. The quantitative estimate of drug-likeness (QED) is 0.209. The number of hydrogen-bond acceptors (Lipinski definition) is 4. The zero-order valence-corrected chi connectivity index (χ0v) is 22.0. The summed E-state index contributed by atoms with van der Waals surface area (Å²) in [5, 5.41) is 6.93. The van der Waals surface area contributed by atoms with E-state index in [1.807, 2.05) is 19.2 Å². The van der Waals surface area contributed by atoms with E-state index in [9.17, 15) is 4.39 Å². The number of guanidine groups is 1. The van der Waals surface area contributed by atoms with Crippen LogP contribution in [0.25, 0.3) is 0 Å². The predicted octanol–water partition coefficient (Wildman–Crippen LogP) is 3.49. The number of ether oxygens (including phenoxy) is 1. The number of halogens is 2. The summed E-state index contributed by atoms with van der Waals surface area (Å²) >= 11 is 0. The molecule has 182 valence electrons. The maximum absolute atomic E-state index is 13.4. The smallest absolute Gasteiger partial charge is 0.191 e. The van der Waals surface area contributed by atoms with Gasteiger partial charge in [0.05, 0.1) is 19.3 Å². The summed E-state index contributed by atoms with van der Waals surface area (Å²) in [5.74, 6) is 1.52. The summed E-state index contributed by atoms with van der Waals surface area (Å²) in [6, 6.07) is 7.01. The van der Waals surface area contributed by atoms with Crippen LogP contribution in [0.15, 0.2) is 29.3 Å². The Kier molecular flexibility index (Phi) is 12.8. The van der Waals surface area contributed by atoms with Crippen LogP contribution in [-0.4, -0.2) is 81.8 Å². The van der Waals surface area contributed by atoms with Crippen molar-refractivity contribution in [2.75, 3.05) is 66.1 Å². The van der Waals surface area contributed by atoms with Crippen molar-refractivity contribution in [3.05, 3.63) is 35.6 Å². The molecule has 1 atom stereocenters. The number of rotatable bonds is 9. The van der Waals surface area contributed by atoms with Gasteiger partial charge in [0.2, 0.25) is 0 Å². The maximum Gasteiger partial charge on any atom is 0.191 e. The zero-order chi connectivity index (χ0) is 21.9. The fourth-order valence-electron chi connectivity index (χ4n) is 4.40. The fourth-order valence-corrected chi connectivity index (χ4v) is 4.40. The average Bonchev–Trinajstić information content (AvgIpc) is 2.80. The first-order valence-corrected chi connectivity index (χ1v) is 11.9. The van der Waals surface area contributed by atoms with Crippen molar-refractivity contribution in [2.45, 2.75) is 38.6 Å². The van der Waals surface area contributed by atoms with Gasteiger partial charge in [-0.25, -0.2) is 4.39 Å². The van der Waals surface area contributed by atoms with Gasteiger partial charge in [-0.05, 0) is 68.9 Å². The molecule has 32 heavy (non-hydrogen) atoms. The van der Waals surface area contributed by atoms with Crippen molar-refractivity contribution in [3.63, 3.8) is 0 Å². The van der Waals surface area contributed by atoms with E-state index in [2.05, 4.69) is 32.3 Å². The van der Waals surface area contributed by atoms with Gasteiger partial charge in [0.1, 0.15) is 5.82 Å². The number of piperidine rings is 1. The molecule has 3 rings (SSSR count). The number of likely N-dealkylation sites (tertiary alicyclic amines) is 1. The van der Waals surface area contributed by atoms with Gasteiger partial charge in [0.15, 0.2) is 5.96 Å². The van der Waals surface area contributed by atoms with Gasteiger partial charge in [-0.3, -0.25) is 9.89 Å². The molecule has 2 saturated heterocycles. The number of aliphatic imine (C=N–C) groups is 1. The minimum atomic E-state index is -0.200. The average molecular weight is 562 g/mol. The third-order valence-corrected chi connectivity index (χ3v) is 6.50. The summed E-state index contributed by atoms with van der Waals surface area (Å²) in [4.78, 5) is 9.39. The highest BCUT2D eigenvalue weighted by molar-refractivity contribution is 14.0. The lowest BCUT2D eigenvalue weighted by Crippen LogP contribution is -2.46. The molecule has 0 saturated carbocycles. The molecule has 2 heterocycles. The van der Waals surface area contributed by atoms with E-state index in [1.165, 1.54) is 38.9 Å². The lowest BCUT2D eigenvalue weighted by Gasteiger charge is -2.35. The Morgan fingerprint density at radius 2 is 1.78 bits per heavy atom. The molecule has 0 amide bonds. The monoisotopic (exact) mass is 561 g/mol. The van der Waals surface area contributed by atoms with Crippen molar-refractivity contribution in [1.82, 2.24) is 20.4 Å². The summed E-state index contributed by atoms with van der Waals surface area (Å²) in [7, 11) is 1.81. The minimum absolute atomic E-state index is 0. The van der Waals surface area contributed by atoms with Crippen molar-refractivity contribution in [2.24, 2.45) is 10.9 Å². The number of nitrogens with one attached hydrogen (secondary N) is 2. The molecule has 1 aromatic rings. The third kappa shape index (κ3) is 9.11. The van der Waals surface area contributed by atoms with Gasteiger partial charge in [-0.15, -0.1) is 24.0 Å². The van der Waals surface area contributed by atoms with Gasteiger partial charge in [0, 0.05) is 33.2 Å². The molecule has 6 nitrogen and oxygen atoms in total. The van der Waals surface area contributed by atoms with Crippen LogP contribution < -0.4 is 10.6 Å². The molecule has 0 radical (unpaired) electrons. The molecule has 8 heteroatoms. The highest BCUT2D eigenvalue weighted by Crippen LogP contribution is 2.21. The highest BCUT2D eigenvalue weighted by Gasteiger charge is 2.23. The van der Waals surface area contributed by atoms with Gasteiger partial charge in [0.25, 0.3) is 0 Å². The molecule has 0 spiro atoms. The van der Waals surface area contributed by atoms with E-state index in [1.54, 1.807) is 12.1 Å². The van der Waals surface area contributed by atoms with E-state index >= 15 is 0 Å². The normalized spacial score (nSPS) is 19.9. The predicted molar refractivity (Wildman–Crippen MR) is 140 cm³/mol. The molecular formula is C24H41FIN5O. The number of benzene rings is 1. The van der Waals surface area contributed by atoms with E-state index in [4.69, 9.17) is 4.74 Å². The van der Waals surface area contributed by atoms with Crippen LogP contribution in [-0.2, 0) is 4.74 Å². The van der Waals surface area contributed by atoms with E-state index in [0.717, 1.165) is 63.3 Å². The summed E-state index contributed by atoms with van der Waals surface area (Å²) in [5.41, 5.74) is 1.11. The van der Waals surface area contributed by atoms with Crippen LogP contribution in [0.4, 0.5) is 4.39 Å². The standard InChI is InChI=1S/C24H40FN5O.HI/c1-20-9-13-29(14-10-20)12-4-3-11-27-24(26-2)28-19-23(30-15-17-31-18-16-30)21-5-7-22(25)8-6-21;/h5-8,20,23H,3-4,9-19H2,1-2H3,(H2,26,27,28);1H. The van der Waals surface area contributed by atoms with Crippen LogP contribution >= 0.6 is 24.0 Å². The van der Waals surface area contributed by atoms with Crippen LogP contribution in [0.5, 0.6) is 0 Å². The minimum Gasteiger partial charge on any atom is -0.379 e. The molecule has 1 unspecified atom stereocenters. The molecule has 2 aliphatic heterocycles. The van der Waals surface area contributed by atoms with Crippen LogP contribution in [0.3, 0.4) is 0 Å². The fraction of sp³-hybridized carbons (Fsp3) is 0.708. The Labute approximate surface area is 210 Å². The molecule has 0 bridgehead atoms. The Morgan fingerprint density at radius 1 is 1.09 bits per heavy atom. The SMILES string of the molecule is CN=C(NCCCCN1CCC(C)CC1)NCC(c1ccc(F)cc1)N1CCOCC1.I. The van der Waals surface area contributed by atoms with Crippen molar-refractivity contribution >= 4 is 29.9 Å². The highest BCUT2D eigenvalue weighted by atomic mass is 127. The third-order valence-electron chi connectivity index (χ3n) is 6.50. The van der Waals surface area contributed by atoms with Gasteiger partial charge in [-0.2, -0.15) is 0 Å². The van der Waals surface area contributed by atoms with Crippen molar-refractivity contribution in [1.29, 1.82) is 0 Å². The molecule has 2 fully saturated rings. The first-order chi connectivity index (χ1) is 15.2. The lowest BCUT2D eigenvalue weighted by molar-refractivity contribution is 0.0170. The Bertz CT molecular complexity index is 661. The Balaban J connectivity index is 0.00000363. The number of morpholine rings is 1. The van der Waals surface area contributed by atoms with Crippen LogP contribution in [0, 0.1) is 11.7 Å². The second-order valence-corrected chi connectivity index (χ2v) is 8.83. The first-order valence-electron chi connectivity index (χ1n) is 11.9. The maximum atomic E-state index is 13.4. The summed E-state index contributed by atoms with van der Waals surface area (Å²) in [6.07, 6.45) is 5.03. The van der Waals surface area contributed by atoms with Crippen LogP contribution in [0.1, 0.15) is 44.2 Å². The van der Waals surface area contributed by atoms with E-state index in [0.29, 0.717) is 0 Å². The van der Waals surface area contributed by atoms with Gasteiger partial charge in [-0.1, -0.05) is 19.1 Å². The lowest BCUT2D eigenvalue weighted by atomic mass is 9.99. The van der Waals surface area contributed by atoms with Crippen molar-refractivity contribution < 1.29 is 9.13 Å². The zero-order valence-electron chi connectivity index (χ0n) is 19.7. The molecule has 0 aromatic heterocycles. The van der Waals surface area contributed by atoms with Crippen molar-refractivity contribution in [3.8, 4) is 0 Å². The summed E-state index contributed by atoms with van der Waals surface area (Å²) < 4.78 is 18.9. The molecular weight excluding hydrogens is 520 g/mol. The van der Waals surface area contributed by atoms with E-state index < -0.39 is 0 Å². The number of unbranched alkanes of at least 4 members (excludes halogenated alkanes) is 1. The summed E-state index contributed by atoms with van der Waals surface area (Å²) in [6.45, 7) is 10.9. The number of nitrogens with zero attached hydrogens (tertiary/aromatic N) is 3. The molecule has 2 N–H and O–H groups in total. The largest absolute Gasteiger partial charge is 0.379 e. The van der Waals surface area contributed by atoms with Gasteiger partial charge < -0.3 is 20.3 Å². The van der Waals surface area contributed by atoms with Gasteiger partial charge >= 0.3 is 0 Å². The second-order valence-electron chi connectivity index (χ2n) is 8.83. The van der Waals surface area contributed by atoms with Crippen LogP contribution in [0.2, 0.25) is 0 Å². The molecule has 2 aliphatic rings. The Morgan fingerprint density at radius 3 is 2.44 bits per heavy atom. The second kappa shape index (κ2) is 15.0. The number of hydrogen-bond donors (Lipinski definition) is 2. The first kappa shape index (κ1) is 27.3.